The van der Waals surface area contributed by atoms with E-state index in [-0.39, 0.29) is 11.8 Å². The zero-order valence-electron chi connectivity index (χ0n) is 13.0. The first-order valence-corrected chi connectivity index (χ1v) is 10.3. The molecule has 3 aliphatic heterocycles. The van der Waals surface area contributed by atoms with Crippen LogP contribution >= 0.6 is 11.3 Å². The number of ketones is 1. The summed E-state index contributed by atoms with van der Waals surface area (Å²) < 4.78 is 25.4. The molecular formula is C15H22N2O3S2. The molecule has 4 rings (SSSR count). The Labute approximate surface area is 136 Å². The second-order valence-electron chi connectivity index (χ2n) is 6.48. The van der Waals surface area contributed by atoms with E-state index in [4.69, 9.17) is 0 Å². The molecule has 0 N–H and O–H groups in total. The summed E-state index contributed by atoms with van der Waals surface area (Å²) in [6.45, 7) is 4.59. The number of thiophene rings is 1. The molecule has 4 heterocycles. The second kappa shape index (κ2) is 6.03. The summed E-state index contributed by atoms with van der Waals surface area (Å²) in [5.74, 6) is 0.524. The highest BCUT2D eigenvalue weighted by molar-refractivity contribution is 7.88. The van der Waals surface area contributed by atoms with Gasteiger partial charge in [-0.25, -0.2) is 12.7 Å². The fraction of sp³-hybridized carbons (Fsp3) is 0.667. The van der Waals surface area contributed by atoms with Gasteiger partial charge in [0.15, 0.2) is 5.78 Å². The van der Waals surface area contributed by atoms with Crippen molar-refractivity contribution in [2.24, 2.45) is 5.92 Å². The number of fused-ring (bicyclic) bond motifs is 4. The zero-order valence-corrected chi connectivity index (χ0v) is 14.6. The van der Waals surface area contributed by atoms with Gasteiger partial charge in [-0.2, -0.15) is 0 Å². The van der Waals surface area contributed by atoms with E-state index in [0.29, 0.717) is 19.0 Å². The Morgan fingerprint density at radius 3 is 2.73 bits per heavy atom. The van der Waals surface area contributed by atoms with E-state index in [0.717, 1.165) is 36.4 Å². The van der Waals surface area contributed by atoms with Gasteiger partial charge in [-0.15, -0.1) is 11.3 Å². The molecule has 3 saturated heterocycles. The van der Waals surface area contributed by atoms with Crippen molar-refractivity contribution in [3.8, 4) is 0 Å². The molecule has 22 heavy (non-hydrogen) atoms. The number of carbonyl (C=O) groups excluding carboxylic acids is 1. The van der Waals surface area contributed by atoms with Crippen molar-refractivity contribution in [1.82, 2.24) is 9.21 Å². The van der Waals surface area contributed by atoms with Crippen molar-refractivity contribution >= 4 is 27.1 Å². The Morgan fingerprint density at radius 1 is 1.32 bits per heavy atom. The second-order valence-corrected chi connectivity index (χ2v) is 9.38. The summed E-state index contributed by atoms with van der Waals surface area (Å²) in [7, 11) is -3.11. The summed E-state index contributed by atoms with van der Waals surface area (Å²) in [6.07, 6.45) is 3.47. The molecule has 2 atom stereocenters. The van der Waals surface area contributed by atoms with Crippen LogP contribution in [0.15, 0.2) is 11.4 Å². The molecule has 3 aliphatic rings. The van der Waals surface area contributed by atoms with E-state index < -0.39 is 10.0 Å². The van der Waals surface area contributed by atoms with Gasteiger partial charge >= 0.3 is 0 Å². The summed E-state index contributed by atoms with van der Waals surface area (Å²) in [4.78, 5) is 14.6. The van der Waals surface area contributed by atoms with Crippen LogP contribution in [0, 0.1) is 5.92 Å². The minimum Gasteiger partial charge on any atom is -0.294 e. The van der Waals surface area contributed by atoms with Gasteiger partial charge in [0.1, 0.15) is 0 Å². The summed E-state index contributed by atoms with van der Waals surface area (Å²) >= 11 is 1.49. The molecule has 0 saturated carbocycles. The highest BCUT2D eigenvalue weighted by Gasteiger charge is 2.37. The number of sulfonamides is 1. The van der Waals surface area contributed by atoms with E-state index in [1.807, 2.05) is 11.4 Å². The lowest BCUT2D eigenvalue weighted by atomic mass is 9.95. The van der Waals surface area contributed by atoms with Gasteiger partial charge in [0, 0.05) is 32.2 Å². The van der Waals surface area contributed by atoms with Crippen LogP contribution in [0.25, 0.3) is 0 Å². The fourth-order valence-corrected chi connectivity index (χ4v) is 5.21. The molecule has 0 aromatic carbocycles. The minimum absolute atomic E-state index is 0.108. The maximum absolute atomic E-state index is 11.9. The SMILES string of the molecule is CC(=O)c1cc(CN2C[C@H]3CC[C@@H]2CN(S(C)(=O)=O)C3)cs1. The first kappa shape index (κ1) is 16.1. The Kier molecular flexibility index (Phi) is 4.42. The van der Waals surface area contributed by atoms with Gasteiger partial charge in [0.2, 0.25) is 10.0 Å². The number of nitrogens with zero attached hydrogens (tertiary/aromatic N) is 2. The number of piperidine rings is 1. The molecule has 1 aromatic rings. The molecule has 122 valence electrons. The minimum atomic E-state index is -3.11. The predicted molar refractivity (Wildman–Crippen MR) is 87.7 cm³/mol. The van der Waals surface area contributed by atoms with Crippen LogP contribution in [-0.2, 0) is 16.6 Å². The molecule has 1 aromatic heterocycles. The maximum Gasteiger partial charge on any atom is 0.211 e. The number of Topliss-reactive ketones (excluding diaryl/α,β-unsaturated/α-hetero) is 1. The molecule has 2 bridgehead atoms. The molecule has 0 unspecified atom stereocenters. The third kappa shape index (κ3) is 3.42. The summed E-state index contributed by atoms with van der Waals surface area (Å²) in [5.41, 5.74) is 1.16. The summed E-state index contributed by atoms with van der Waals surface area (Å²) in [6, 6.07) is 2.26. The van der Waals surface area contributed by atoms with E-state index in [2.05, 4.69) is 4.90 Å². The Bertz CT molecular complexity index is 668. The van der Waals surface area contributed by atoms with E-state index in [1.165, 1.54) is 17.6 Å². The molecule has 0 spiro atoms. The van der Waals surface area contributed by atoms with E-state index >= 15 is 0 Å². The topological polar surface area (TPSA) is 57.7 Å². The van der Waals surface area contributed by atoms with Crippen molar-refractivity contribution in [3.63, 3.8) is 0 Å². The first-order valence-electron chi connectivity index (χ1n) is 7.60. The number of hydrogen-bond acceptors (Lipinski definition) is 5. The maximum atomic E-state index is 11.9. The third-order valence-electron chi connectivity index (χ3n) is 4.65. The van der Waals surface area contributed by atoms with Crippen LogP contribution in [0.2, 0.25) is 0 Å². The van der Waals surface area contributed by atoms with Crippen molar-refractivity contribution < 1.29 is 13.2 Å². The largest absolute Gasteiger partial charge is 0.294 e. The predicted octanol–water partition coefficient (Wildman–Crippen LogP) is 1.81. The molecule has 5 nitrogen and oxygen atoms in total. The molecule has 0 amide bonds. The lowest BCUT2D eigenvalue weighted by Gasteiger charge is -2.35. The van der Waals surface area contributed by atoms with Gasteiger partial charge in [0.25, 0.3) is 0 Å². The molecule has 7 heteroatoms. The first-order chi connectivity index (χ1) is 10.3. The average molecular weight is 342 g/mol. The van der Waals surface area contributed by atoms with Crippen molar-refractivity contribution in [2.45, 2.75) is 32.4 Å². The smallest absolute Gasteiger partial charge is 0.211 e. The van der Waals surface area contributed by atoms with Crippen LogP contribution in [0.3, 0.4) is 0 Å². The monoisotopic (exact) mass is 342 g/mol. The van der Waals surface area contributed by atoms with Gasteiger partial charge in [-0.1, -0.05) is 0 Å². The van der Waals surface area contributed by atoms with E-state index in [9.17, 15) is 13.2 Å². The van der Waals surface area contributed by atoms with Crippen LogP contribution in [0.1, 0.15) is 35.0 Å². The highest BCUT2D eigenvalue weighted by Crippen LogP contribution is 2.30. The Balaban J connectivity index is 1.74. The lowest BCUT2D eigenvalue weighted by Crippen LogP contribution is -2.43. The molecular weight excluding hydrogens is 320 g/mol. The van der Waals surface area contributed by atoms with Crippen molar-refractivity contribution in [3.05, 3.63) is 21.9 Å². The third-order valence-corrected chi connectivity index (χ3v) is 6.96. The Hall–Kier alpha value is -0.760. The van der Waals surface area contributed by atoms with Gasteiger partial charge in [-0.05, 0) is 42.7 Å². The number of hydrogen-bond donors (Lipinski definition) is 0. The highest BCUT2D eigenvalue weighted by atomic mass is 32.2. The zero-order chi connectivity index (χ0) is 15.9. The number of carbonyl (C=O) groups is 1. The quantitative estimate of drug-likeness (QED) is 0.783. The van der Waals surface area contributed by atoms with Crippen LogP contribution < -0.4 is 0 Å². The molecule has 0 radical (unpaired) electrons. The number of rotatable bonds is 4. The van der Waals surface area contributed by atoms with E-state index in [1.54, 1.807) is 11.2 Å². The van der Waals surface area contributed by atoms with Crippen molar-refractivity contribution in [2.75, 3.05) is 25.9 Å². The van der Waals surface area contributed by atoms with Gasteiger partial charge in [0.05, 0.1) is 11.1 Å². The van der Waals surface area contributed by atoms with Crippen molar-refractivity contribution in [1.29, 1.82) is 0 Å². The lowest BCUT2D eigenvalue weighted by molar-refractivity contribution is 0.102. The standard InChI is InChI=1S/C15H22N2O3S2/c1-11(18)15-5-13(10-21-15)7-16-6-12-3-4-14(16)9-17(8-12)22(2,19)20/h5,10,12,14H,3-4,6-9H2,1-2H3/t12-,14-/m1/s1. The fourth-order valence-electron chi connectivity index (χ4n) is 3.48. The summed E-state index contributed by atoms with van der Waals surface area (Å²) in [5, 5.41) is 2.05. The van der Waals surface area contributed by atoms with Crippen LogP contribution in [0.4, 0.5) is 0 Å². The van der Waals surface area contributed by atoms with Crippen LogP contribution in [0.5, 0.6) is 0 Å². The van der Waals surface area contributed by atoms with Gasteiger partial charge in [-0.3, -0.25) is 9.69 Å². The normalized spacial score (nSPS) is 27.0. The molecule has 0 aliphatic carbocycles. The van der Waals surface area contributed by atoms with Crippen LogP contribution in [-0.4, -0.2) is 55.3 Å². The Morgan fingerprint density at radius 2 is 2.09 bits per heavy atom. The molecule has 3 fully saturated rings. The average Bonchev–Trinajstić information content (AvgIpc) is 2.69. The van der Waals surface area contributed by atoms with Gasteiger partial charge < -0.3 is 0 Å².